The molecular weight excluding hydrogens is 261 g/mol. The first-order valence-electron chi connectivity index (χ1n) is 5.87. The maximum absolute atomic E-state index is 13.3. The number of pyridine rings is 1. The predicted octanol–water partition coefficient (Wildman–Crippen LogP) is 2.47. The van der Waals surface area contributed by atoms with Crippen molar-refractivity contribution in [2.75, 3.05) is 0 Å². The van der Waals surface area contributed by atoms with E-state index in [4.69, 9.17) is 0 Å². The molecule has 0 spiro atoms. The number of aromatic carboxylic acids is 1. The monoisotopic (exact) mass is 271 g/mol. The van der Waals surface area contributed by atoms with Crippen LogP contribution in [0, 0.1) is 5.82 Å². The Bertz CT molecular complexity index is 826. The van der Waals surface area contributed by atoms with Gasteiger partial charge in [0.15, 0.2) is 0 Å². The Labute approximate surface area is 113 Å². The third-order valence-corrected chi connectivity index (χ3v) is 3.00. The molecular formula is C14H10FN3O2. The average Bonchev–Trinajstić information content (AvgIpc) is 2.83. The molecule has 6 heteroatoms. The molecule has 2 aromatic heterocycles. The van der Waals surface area contributed by atoms with Gasteiger partial charge < -0.3 is 5.11 Å². The van der Waals surface area contributed by atoms with Crippen LogP contribution < -0.4 is 0 Å². The first-order chi connectivity index (χ1) is 9.54. The van der Waals surface area contributed by atoms with Crippen molar-refractivity contribution in [2.45, 2.75) is 0 Å². The molecule has 0 aliphatic carbocycles. The van der Waals surface area contributed by atoms with E-state index in [1.807, 2.05) is 0 Å². The van der Waals surface area contributed by atoms with Crippen molar-refractivity contribution in [1.29, 1.82) is 0 Å². The van der Waals surface area contributed by atoms with Crippen LogP contribution >= 0.6 is 0 Å². The minimum Gasteiger partial charge on any atom is -0.478 e. The van der Waals surface area contributed by atoms with E-state index in [2.05, 4.69) is 10.1 Å². The fraction of sp³-hybridized carbons (Fsp3) is 0.0714. The van der Waals surface area contributed by atoms with Gasteiger partial charge in [0.25, 0.3) is 0 Å². The molecule has 1 aromatic carbocycles. The summed E-state index contributed by atoms with van der Waals surface area (Å²) in [5.41, 5.74) is 1.53. The molecule has 1 N–H and O–H groups in total. The first kappa shape index (κ1) is 12.3. The minimum absolute atomic E-state index is 0.0915. The Balaban J connectivity index is 2.32. The Morgan fingerprint density at radius 1 is 1.35 bits per heavy atom. The molecule has 0 radical (unpaired) electrons. The summed E-state index contributed by atoms with van der Waals surface area (Å²) >= 11 is 0. The summed E-state index contributed by atoms with van der Waals surface area (Å²) < 4.78 is 14.9. The van der Waals surface area contributed by atoms with Gasteiger partial charge in [-0.05, 0) is 18.2 Å². The van der Waals surface area contributed by atoms with Gasteiger partial charge in [0.1, 0.15) is 5.82 Å². The molecule has 0 fully saturated rings. The second-order valence-corrected chi connectivity index (χ2v) is 4.42. The normalized spacial score (nSPS) is 10.9. The van der Waals surface area contributed by atoms with Gasteiger partial charge in [-0.25, -0.2) is 14.2 Å². The van der Waals surface area contributed by atoms with Crippen molar-refractivity contribution in [2.24, 2.45) is 7.05 Å². The number of rotatable bonds is 2. The number of aryl methyl sites for hydroxylation is 1. The predicted molar refractivity (Wildman–Crippen MR) is 70.9 cm³/mol. The Kier molecular flexibility index (Phi) is 2.71. The van der Waals surface area contributed by atoms with Crippen LogP contribution in [0.4, 0.5) is 4.39 Å². The summed E-state index contributed by atoms with van der Waals surface area (Å²) in [6.45, 7) is 0. The molecule has 3 aromatic rings. The van der Waals surface area contributed by atoms with E-state index < -0.39 is 11.8 Å². The summed E-state index contributed by atoms with van der Waals surface area (Å²) in [5, 5.41) is 13.7. The number of benzene rings is 1. The Morgan fingerprint density at radius 3 is 2.80 bits per heavy atom. The summed E-state index contributed by atoms with van der Waals surface area (Å²) in [5.74, 6) is -1.53. The number of carboxylic acid groups (broad SMARTS) is 1. The zero-order valence-corrected chi connectivity index (χ0v) is 10.5. The maximum atomic E-state index is 13.3. The number of halogens is 1. The zero-order valence-electron chi connectivity index (χ0n) is 10.5. The second kappa shape index (κ2) is 4.41. The molecule has 3 rings (SSSR count). The molecule has 0 atom stereocenters. The van der Waals surface area contributed by atoms with Crippen LogP contribution in [-0.4, -0.2) is 25.8 Å². The van der Waals surface area contributed by atoms with Gasteiger partial charge in [-0.3, -0.25) is 4.68 Å². The standard InChI is InChI=1S/C14H10FN3O2/c1-18-7-8(6-16-18)12-5-11(14(19)20)10-3-2-9(15)4-13(10)17-12/h2-7H,1H3,(H,19,20). The number of hydrogen-bond acceptors (Lipinski definition) is 3. The van der Waals surface area contributed by atoms with E-state index in [1.54, 1.807) is 24.1 Å². The number of carboxylic acids is 1. The van der Waals surface area contributed by atoms with Crippen LogP contribution in [-0.2, 0) is 7.05 Å². The molecule has 0 amide bonds. The number of fused-ring (bicyclic) bond motifs is 1. The van der Waals surface area contributed by atoms with Crippen LogP contribution in [0.3, 0.4) is 0 Å². The lowest BCUT2D eigenvalue weighted by molar-refractivity contribution is 0.0699. The van der Waals surface area contributed by atoms with Crippen molar-refractivity contribution >= 4 is 16.9 Å². The third kappa shape index (κ3) is 2.01. The highest BCUT2D eigenvalue weighted by molar-refractivity contribution is 6.03. The quantitative estimate of drug-likeness (QED) is 0.777. The number of aromatic nitrogens is 3. The zero-order chi connectivity index (χ0) is 14.3. The van der Waals surface area contributed by atoms with E-state index in [9.17, 15) is 14.3 Å². The third-order valence-electron chi connectivity index (χ3n) is 3.00. The largest absolute Gasteiger partial charge is 0.478 e. The van der Waals surface area contributed by atoms with Gasteiger partial charge in [-0.1, -0.05) is 0 Å². The van der Waals surface area contributed by atoms with E-state index >= 15 is 0 Å². The van der Waals surface area contributed by atoms with Crippen molar-refractivity contribution < 1.29 is 14.3 Å². The molecule has 100 valence electrons. The summed E-state index contributed by atoms with van der Waals surface area (Å²) in [4.78, 5) is 15.7. The van der Waals surface area contributed by atoms with Gasteiger partial charge >= 0.3 is 5.97 Å². The molecule has 2 heterocycles. The molecule has 0 saturated carbocycles. The highest BCUT2D eigenvalue weighted by Crippen LogP contribution is 2.25. The molecule has 0 aliphatic rings. The van der Waals surface area contributed by atoms with Gasteiger partial charge in [-0.2, -0.15) is 5.10 Å². The molecule has 0 unspecified atom stereocenters. The van der Waals surface area contributed by atoms with Crippen LogP contribution in [0.25, 0.3) is 22.2 Å². The summed E-state index contributed by atoms with van der Waals surface area (Å²) in [7, 11) is 1.75. The van der Waals surface area contributed by atoms with Crippen molar-refractivity contribution in [3.63, 3.8) is 0 Å². The fourth-order valence-electron chi connectivity index (χ4n) is 2.08. The number of nitrogens with zero attached hydrogens (tertiary/aromatic N) is 3. The van der Waals surface area contributed by atoms with Gasteiger partial charge in [0.05, 0.1) is 23.0 Å². The molecule has 0 saturated heterocycles. The minimum atomic E-state index is -1.07. The number of hydrogen-bond donors (Lipinski definition) is 1. The van der Waals surface area contributed by atoms with Gasteiger partial charge in [0.2, 0.25) is 0 Å². The highest BCUT2D eigenvalue weighted by atomic mass is 19.1. The van der Waals surface area contributed by atoms with Gasteiger partial charge in [-0.15, -0.1) is 0 Å². The Morgan fingerprint density at radius 2 is 2.15 bits per heavy atom. The van der Waals surface area contributed by atoms with Crippen molar-refractivity contribution in [3.8, 4) is 11.3 Å². The van der Waals surface area contributed by atoms with E-state index in [-0.39, 0.29) is 5.56 Å². The summed E-state index contributed by atoms with van der Waals surface area (Å²) in [6.07, 6.45) is 3.30. The average molecular weight is 271 g/mol. The van der Waals surface area contributed by atoms with Crippen molar-refractivity contribution in [1.82, 2.24) is 14.8 Å². The van der Waals surface area contributed by atoms with Crippen LogP contribution in [0.15, 0.2) is 36.7 Å². The lowest BCUT2D eigenvalue weighted by Crippen LogP contribution is -2.00. The van der Waals surface area contributed by atoms with E-state index in [1.165, 1.54) is 24.3 Å². The van der Waals surface area contributed by atoms with E-state index in [0.717, 1.165) is 0 Å². The van der Waals surface area contributed by atoms with Crippen LogP contribution in [0.2, 0.25) is 0 Å². The molecule has 20 heavy (non-hydrogen) atoms. The molecule has 5 nitrogen and oxygen atoms in total. The van der Waals surface area contributed by atoms with Crippen LogP contribution in [0.1, 0.15) is 10.4 Å². The van der Waals surface area contributed by atoms with Gasteiger partial charge in [0, 0.05) is 30.3 Å². The van der Waals surface area contributed by atoms with E-state index in [0.29, 0.717) is 22.2 Å². The first-order valence-corrected chi connectivity index (χ1v) is 5.87. The fourth-order valence-corrected chi connectivity index (χ4v) is 2.08. The topological polar surface area (TPSA) is 68.0 Å². The van der Waals surface area contributed by atoms with Crippen molar-refractivity contribution in [3.05, 3.63) is 48.0 Å². The van der Waals surface area contributed by atoms with Crippen LogP contribution in [0.5, 0.6) is 0 Å². The SMILES string of the molecule is Cn1cc(-c2cc(C(=O)O)c3ccc(F)cc3n2)cn1. The lowest BCUT2D eigenvalue weighted by atomic mass is 10.1. The smallest absolute Gasteiger partial charge is 0.336 e. The second-order valence-electron chi connectivity index (χ2n) is 4.42. The summed E-state index contributed by atoms with van der Waals surface area (Å²) in [6, 6.07) is 5.34. The molecule has 0 bridgehead atoms. The lowest BCUT2D eigenvalue weighted by Gasteiger charge is -2.05. The number of carbonyl (C=O) groups is 1. The Hall–Kier alpha value is -2.76. The maximum Gasteiger partial charge on any atom is 0.336 e. The molecule has 0 aliphatic heterocycles. The highest BCUT2D eigenvalue weighted by Gasteiger charge is 2.14.